The SMILES string of the molecule is CC1C=CC=CC(S(=O)(O)=S)=C1. The Hall–Kier alpha value is -0.450. The average molecular weight is 202 g/mol. The third kappa shape index (κ3) is 2.55. The Bertz CT molecular complexity index is 347. The molecule has 0 spiro atoms. The first-order chi connectivity index (χ1) is 5.50. The van der Waals surface area contributed by atoms with Crippen LogP contribution in [0.15, 0.2) is 35.3 Å². The molecular weight excluding hydrogens is 192 g/mol. The first-order valence-electron chi connectivity index (χ1n) is 3.54. The van der Waals surface area contributed by atoms with Gasteiger partial charge in [-0.3, -0.25) is 0 Å². The van der Waals surface area contributed by atoms with Crippen LogP contribution in [0.5, 0.6) is 0 Å². The van der Waals surface area contributed by atoms with E-state index >= 15 is 0 Å². The van der Waals surface area contributed by atoms with Crippen LogP contribution in [0, 0.1) is 5.92 Å². The van der Waals surface area contributed by atoms with Crippen LogP contribution in [0.1, 0.15) is 6.92 Å². The maximum Gasteiger partial charge on any atom is 0.170 e. The fourth-order valence-electron chi connectivity index (χ4n) is 0.932. The summed E-state index contributed by atoms with van der Waals surface area (Å²) in [5.74, 6) is 0.158. The molecule has 66 valence electrons. The van der Waals surface area contributed by atoms with Crippen molar-refractivity contribution in [2.45, 2.75) is 6.92 Å². The Morgan fingerprint density at radius 3 is 2.83 bits per heavy atom. The lowest BCUT2D eigenvalue weighted by Gasteiger charge is -2.01. The number of allylic oxidation sites excluding steroid dienone is 5. The molecule has 1 aliphatic carbocycles. The molecule has 0 aromatic heterocycles. The van der Waals surface area contributed by atoms with E-state index in [1.54, 1.807) is 18.2 Å². The molecule has 2 atom stereocenters. The van der Waals surface area contributed by atoms with Gasteiger partial charge < -0.3 is 4.55 Å². The Balaban J connectivity index is 3.08. The number of hydrogen-bond donors (Lipinski definition) is 1. The maximum atomic E-state index is 11.1. The van der Waals surface area contributed by atoms with Crippen molar-refractivity contribution in [3.05, 3.63) is 35.3 Å². The van der Waals surface area contributed by atoms with E-state index in [-0.39, 0.29) is 5.92 Å². The van der Waals surface area contributed by atoms with Gasteiger partial charge >= 0.3 is 0 Å². The van der Waals surface area contributed by atoms with E-state index in [1.807, 2.05) is 19.1 Å². The lowest BCUT2D eigenvalue weighted by Crippen LogP contribution is -1.98. The largest absolute Gasteiger partial charge is 0.302 e. The second kappa shape index (κ2) is 3.51. The molecule has 2 unspecified atom stereocenters. The van der Waals surface area contributed by atoms with Gasteiger partial charge in [-0.25, -0.2) is 4.21 Å². The van der Waals surface area contributed by atoms with Gasteiger partial charge in [-0.2, -0.15) is 0 Å². The molecular formula is C8H10O2S2. The highest BCUT2D eigenvalue weighted by atomic mass is 32.8. The second-order valence-electron chi connectivity index (χ2n) is 2.65. The summed E-state index contributed by atoms with van der Waals surface area (Å²) in [7, 11) is -3.21. The van der Waals surface area contributed by atoms with Crippen LogP contribution < -0.4 is 0 Å². The fourth-order valence-corrected chi connectivity index (χ4v) is 1.90. The van der Waals surface area contributed by atoms with Crippen molar-refractivity contribution in [2.75, 3.05) is 0 Å². The van der Waals surface area contributed by atoms with E-state index in [2.05, 4.69) is 11.2 Å². The van der Waals surface area contributed by atoms with Gasteiger partial charge in [-0.1, -0.05) is 31.2 Å². The standard InChI is InChI=1S/C8H10O2S2/c1-7-4-2-3-5-8(6-7)12(9,10)11/h2-7H,1H3,(H,9,10,11). The van der Waals surface area contributed by atoms with Gasteiger partial charge in [0.25, 0.3) is 0 Å². The highest BCUT2D eigenvalue weighted by Gasteiger charge is 2.08. The van der Waals surface area contributed by atoms with Crippen molar-refractivity contribution in [3.63, 3.8) is 0 Å². The summed E-state index contributed by atoms with van der Waals surface area (Å²) in [6, 6.07) is 0. The molecule has 1 rings (SSSR count). The third-order valence-electron chi connectivity index (χ3n) is 1.51. The minimum Gasteiger partial charge on any atom is -0.302 e. The van der Waals surface area contributed by atoms with Gasteiger partial charge in [-0.15, -0.1) is 0 Å². The Morgan fingerprint density at radius 2 is 2.25 bits per heavy atom. The molecule has 12 heavy (non-hydrogen) atoms. The molecule has 0 aliphatic heterocycles. The molecule has 0 aromatic rings. The van der Waals surface area contributed by atoms with Crippen molar-refractivity contribution in [2.24, 2.45) is 5.92 Å². The van der Waals surface area contributed by atoms with Crippen LogP contribution in [0.4, 0.5) is 0 Å². The van der Waals surface area contributed by atoms with Crippen LogP contribution in [0.25, 0.3) is 0 Å². The van der Waals surface area contributed by atoms with E-state index < -0.39 is 8.77 Å². The van der Waals surface area contributed by atoms with Gasteiger partial charge in [0.2, 0.25) is 0 Å². The number of rotatable bonds is 1. The van der Waals surface area contributed by atoms with Crippen LogP contribution in [0.3, 0.4) is 0 Å². The maximum absolute atomic E-state index is 11.1. The molecule has 0 saturated heterocycles. The fraction of sp³-hybridized carbons (Fsp3) is 0.250. The Kier molecular flexibility index (Phi) is 2.82. The van der Waals surface area contributed by atoms with Crippen molar-refractivity contribution < 1.29 is 8.76 Å². The lowest BCUT2D eigenvalue weighted by atomic mass is 10.2. The first kappa shape index (κ1) is 9.64. The summed E-state index contributed by atoms with van der Waals surface area (Å²) < 4.78 is 20.1. The molecule has 0 radical (unpaired) electrons. The van der Waals surface area contributed by atoms with Crippen LogP contribution in [-0.2, 0) is 20.0 Å². The third-order valence-corrected chi connectivity index (χ3v) is 2.96. The summed E-state index contributed by atoms with van der Waals surface area (Å²) in [5, 5.41) is 0. The van der Waals surface area contributed by atoms with Gasteiger partial charge in [0.1, 0.15) is 0 Å². The summed E-state index contributed by atoms with van der Waals surface area (Å²) >= 11 is 4.45. The molecule has 0 aromatic carbocycles. The average Bonchev–Trinajstić information content (AvgIpc) is 2.11. The van der Waals surface area contributed by atoms with Crippen molar-refractivity contribution in [1.29, 1.82) is 0 Å². The van der Waals surface area contributed by atoms with Crippen LogP contribution >= 0.6 is 0 Å². The predicted octanol–water partition coefficient (Wildman–Crippen LogP) is 1.85. The summed E-state index contributed by atoms with van der Waals surface area (Å²) in [6.45, 7) is 1.93. The molecule has 0 bridgehead atoms. The topological polar surface area (TPSA) is 37.3 Å². The molecule has 1 aliphatic rings. The highest BCUT2D eigenvalue weighted by Crippen LogP contribution is 2.14. The zero-order chi connectivity index (χ0) is 9.19. The summed E-state index contributed by atoms with van der Waals surface area (Å²) in [6.07, 6.45) is 8.78. The van der Waals surface area contributed by atoms with E-state index in [4.69, 9.17) is 4.55 Å². The second-order valence-corrected chi connectivity index (χ2v) is 5.42. The highest BCUT2D eigenvalue weighted by molar-refractivity contribution is 8.32. The first-order valence-corrected chi connectivity index (χ1v) is 5.98. The van der Waals surface area contributed by atoms with Crippen LogP contribution in [-0.4, -0.2) is 8.76 Å². The molecule has 0 fully saturated rings. The normalized spacial score (nSPS) is 27.5. The summed E-state index contributed by atoms with van der Waals surface area (Å²) in [4.78, 5) is 0.329. The van der Waals surface area contributed by atoms with E-state index in [9.17, 15) is 4.21 Å². The van der Waals surface area contributed by atoms with Crippen molar-refractivity contribution >= 4 is 20.0 Å². The minimum atomic E-state index is -3.21. The van der Waals surface area contributed by atoms with E-state index in [0.717, 1.165) is 0 Å². The molecule has 0 amide bonds. The quantitative estimate of drug-likeness (QED) is 0.705. The van der Waals surface area contributed by atoms with Crippen LogP contribution in [0.2, 0.25) is 0 Å². The molecule has 2 nitrogen and oxygen atoms in total. The zero-order valence-corrected chi connectivity index (χ0v) is 8.27. The Morgan fingerprint density at radius 1 is 1.58 bits per heavy atom. The summed E-state index contributed by atoms with van der Waals surface area (Å²) in [5.41, 5.74) is 0. The van der Waals surface area contributed by atoms with Gasteiger partial charge in [0.05, 0.1) is 4.91 Å². The molecule has 1 N–H and O–H groups in total. The van der Waals surface area contributed by atoms with Gasteiger partial charge in [-0.05, 0) is 12.0 Å². The van der Waals surface area contributed by atoms with Gasteiger partial charge in [0, 0.05) is 11.2 Å². The number of hydrogen-bond acceptors (Lipinski definition) is 2. The monoisotopic (exact) mass is 202 g/mol. The van der Waals surface area contributed by atoms with Gasteiger partial charge in [0.15, 0.2) is 8.77 Å². The zero-order valence-electron chi connectivity index (χ0n) is 6.64. The smallest absolute Gasteiger partial charge is 0.170 e. The predicted molar refractivity (Wildman–Crippen MR) is 53.7 cm³/mol. The van der Waals surface area contributed by atoms with Crippen molar-refractivity contribution in [1.82, 2.24) is 0 Å². The minimum absolute atomic E-state index is 0.158. The van der Waals surface area contributed by atoms with Crippen molar-refractivity contribution in [3.8, 4) is 0 Å². The van der Waals surface area contributed by atoms with E-state index in [0.29, 0.717) is 4.91 Å². The lowest BCUT2D eigenvalue weighted by molar-refractivity contribution is 0.569. The van der Waals surface area contributed by atoms with E-state index in [1.165, 1.54) is 0 Å². The molecule has 0 heterocycles. The molecule has 4 heteroatoms. The molecule has 0 saturated carbocycles. The Labute approximate surface area is 77.2 Å².